The van der Waals surface area contributed by atoms with E-state index in [-0.39, 0.29) is 50.0 Å². The Kier molecular flexibility index (Phi) is 9.86. The van der Waals surface area contributed by atoms with Crippen molar-refractivity contribution < 1.29 is 0 Å². The summed E-state index contributed by atoms with van der Waals surface area (Å²) >= 11 is 2.09. The van der Waals surface area contributed by atoms with E-state index >= 15 is 0 Å². The third kappa shape index (κ3) is 6.96. The number of thiophene rings is 1. The minimum atomic E-state index is -0.0980. The predicted molar refractivity (Wildman–Crippen MR) is 304 cm³/mol. The van der Waals surface area contributed by atoms with Gasteiger partial charge < -0.3 is 9.80 Å². The van der Waals surface area contributed by atoms with Gasteiger partial charge in [0, 0.05) is 43.3 Å². The zero-order chi connectivity index (χ0) is 49.7. The molecule has 0 atom stereocenters. The molecule has 69 heavy (non-hydrogen) atoms. The summed E-state index contributed by atoms with van der Waals surface area (Å²) < 4.78 is 2.92. The number of hydrogen-bond acceptors (Lipinski definition) is 3. The van der Waals surface area contributed by atoms with E-state index in [4.69, 9.17) is 0 Å². The monoisotopic (exact) mass is 933 g/mol. The van der Waals surface area contributed by atoms with Gasteiger partial charge in [-0.25, -0.2) is 0 Å². The summed E-state index contributed by atoms with van der Waals surface area (Å²) in [6.07, 6.45) is 7.18. The third-order valence-electron chi connectivity index (χ3n) is 18.9. The molecule has 0 N–H and O–H groups in total. The number of anilines is 6. The first-order valence-corrected chi connectivity index (χ1v) is 27.5. The highest BCUT2D eigenvalue weighted by Crippen LogP contribution is 2.56. The minimum Gasteiger partial charge on any atom is -0.311 e. The van der Waals surface area contributed by atoms with E-state index in [2.05, 4.69) is 225 Å². The fourth-order valence-corrected chi connectivity index (χ4v) is 15.0. The van der Waals surface area contributed by atoms with Gasteiger partial charge in [0.25, 0.3) is 6.71 Å². The molecule has 360 valence electrons. The second kappa shape index (κ2) is 14.4. The molecule has 5 aliphatic rings. The summed E-state index contributed by atoms with van der Waals surface area (Å²) in [5.41, 5.74) is 24.7. The second-order valence-corrected chi connectivity index (χ2v) is 29.8. The third-order valence-corrected chi connectivity index (χ3v) is 20.1. The Morgan fingerprint density at radius 3 is 1.46 bits per heavy atom. The molecule has 5 aromatic carbocycles. The number of aryl methyl sites for hydroxylation is 1. The van der Waals surface area contributed by atoms with E-state index in [0.717, 1.165) is 0 Å². The minimum absolute atomic E-state index is 0.0502. The highest BCUT2D eigenvalue weighted by molar-refractivity contribution is 7.33. The molecule has 0 unspecified atom stereocenters. The maximum atomic E-state index is 2.79. The fraction of sp³-hybridized carbons (Fsp3) is 0.508. The van der Waals surface area contributed by atoms with Gasteiger partial charge in [0.1, 0.15) is 0 Å². The van der Waals surface area contributed by atoms with Crippen molar-refractivity contribution in [3.8, 4) is 0 Å². The van der Waals surface area contributed by atoms with E-state index in [0.29, 0.717) is 0 Å². The number of nitrogens with zero attached hydrogens (tertiary/aromatic N) is 2. The molecule has 6 aromatic rings. The molecule has 2 aliphatic heterocycles. The van der Waals surface area contributed by atoms with Crippen LogP contribution < -0.4 is 25.5 Å². The van der Waals surface area contributed by atoms with Gasteiger partial charge in [0.05, 0.1) is 5.69 Å². The number of rotatable bonds is 2. The molecular weight excluding hydrogens is 852 g/mol. The SMILES string of the molecule is Cc1cc(C(C)(C)C)ccc1N1c2cc3c(cc2B2c4sc5cc6c(cc5c4N(c4ccc5c(c4)C(C)(C)CCC5(C)C)c4cc(C(C)(C)C)cc1c42)C(C)(C)CCC6(C)C)C(C)(C)CCC3(C)C. The first-order chi connectivity index (χ1) is 31.8. The Balaban J connectivity index is 1.31. The lowest BCUT2D eigenvalue weighted by molar-refractivity contribution is 0.332. The molecule has 4 heteroatoms. The van der Waals surface area contributed by atoms with Crippen LogP contribution in [0.15, 0.2) is 72.8 Å². The molecule has 0 radical (unpaired) electrons. The molecule has 0 saturated carbocycles. The topological polar surface area (TPSA) is 6.48 Å². The van der Waals surface area contributed by atoms with Gasteiger partial charge in [0.2, 0.25) is 0 Å². The van der Waals surface area contributed by atoms with Crippen molar-refractivity contribution in [3.63, 3.8) is 0 Å². The van der Waals surface area contributed by atoms with Gasteiger partial charge in [0.15, 0.2) is 0 Å². The van der Waals surface area contributed by atoms with Crippen LogP contribution in [0.1, 0.15) is 213 Å². The first kappa shape index (κ1) is 47.1. The Bertz CT molecular complexity index is 3170. The summed E-state index contributed by atoms with van der Waals surface area (Å²) in [5, 5.41) is 1.42. The van der Waals surface area contributed by atoms with Crippen molar-refractivity contribution in [2.24, 2.45) is 0 Å². The predicted octanol–water partition coefficient (Wildman–Crippen LogP) is 16.9. The second-order valence-electron chi connectivity index (χ2n) is 28.7. The molecule has 3 aliphatic carbocycles. The highest BCUT2D eigenvalue weighted by Gasteiger charge is 2.50. The van der Waals surface area contributed by atoms with E-state index < -0.39 is 0 Å². The van der Waals surface area contributed by atoms with Crippen LogP contribution >= 0.6 is 11.3 Å². The standard InChI is InChI=1S/C65H81BN2S/c1-38-30-39(58(2,3)4)20-23-50(38)68-51-36-47-46(63(14,15)27-28-64(47,16)17)35-49(51)66-55-52(31-40(32-53(55)68)59(5,6)7)67(41-21-22-43-44(33-41)61(10,11)25-24-60(43,8)9)56-42-34-45-48(37-54(42)69-57(56)66)65(18,19)29-26-62(45,12)13/h20-23,30-37H,24-29H2,1-19H3. The Morgan fingerprint density at radius 1 is 0.449 bits per heavy atom. The molecule has 0 amide bonds. The van der Waals surface area contributed by atoms with Gasteiger partial charge >= 0.3 is 0 Å². The zero-order valence-electron chi connectivity index (χ0n) is 46.1. The van der Waals surface area contributed by atoms with E-state index in [1.54, 1.807) is 5.56 Å². The number of benzene rings is 5. The van der Waals surface area contributed by atoms with E-state index in [9.17, 15) is 0 Å². The maximum Gasteiger partial charge on any atom is 0.264 e. The molecular formula is C65H81BN2S. The lowest BCUT2D eigenvalue weighted by Crippen LogP contribution is -2.61. The fourth-order valence-electron chi connectivity index (χ4n) is 13.6. The van der Waals surface area contributed by atoms with E-state index in [1.807, 2.05) is 0 Å². The Labute approximate surface area is 421 Å². The lowest BCUT2D eigenvalue weighted by Gasteiger charge is -2.48. The smallest absolute Gasteiger partial charge is 0.264 e. The molecule has 3 heterocycles. The summed E-state index contributed by atoms with van der Waals surface area (Å²) in [4.78, 5) is 5.52. The quantitative estimate of drug-likeness (QED) is 0.159. The van der Waals surface area contributed by atoms with Crippen LogP contribution in [0.4, 0.5) is 34.1 Å². The van der Waals surface area contributed by atoms with Crippen molar-refractivity contribution in [1.29, 1.82) is 0 Å². The average molecular weight is 933 g/mol. The van der Waals surface area contributed by atoms with E-state index in [1.165, 1.54) is 143 Å². The van der Waals surface area contributed by atoms with Gasteiger partial charge in [-0.1, -0.05) is 149 Å². The van der Waals surface area contributed by atoms with Crippen LogP contribution in [-0.2, 0) is 43.3 Å². The average Bonchev–Trinajstić information content (AvgIpc) is 3.62. The number of hydrogen-bond donors (Lipinski definition) is 0. The highest BCUT2D eigenvalue weighted by atomic mass is 32.1. The summed E-state index contributed by atoms with van der Waals surface area (Å²) in [7, 11) is 0. The van der Waals surface area contributed by atoms with Crippen molar-refractivity contribution in [3.05, 3.63) is 123 Å². The van der Waals surface area contributed by atoms with Crippen molar-refractivity contribution in [2.45, 2.75) is 213 Å². The molecule has 0 bridgehead atoms. The van der Waals surface area contributed by atoms with Gasteiger partial charge in [-0.2, -0.15) is 0 Å². The molecule has 0 saturated heterocycles. The molecule has 2 nitrogen and oxygen atoms in total. The summed E-state index contributed by atoms with van der Waals surface area (Å²) in [6, 6.07) is 31.0. The normalized spacial score (nSPS) is 20.9. The molecule has 0 fully saturated rings. The first-order valence-electron chi connectivity index (χ1n) is 26.7. The lowest BCUT2D eigenvalue weighted by atomic mass is 9.35. The zero-order valence-corrected chi connectivity index (χ0v) is 46.9. The number of fused-ring (bicyclic) bond motifs is 9. The van der Waals surface area contributed by atoms with Crippen LogP contribution in [0.2, 0.25) is 0 Å². The van der Waals surface area contributed by atoms with Gasteiger partial charge in [-0.05, 0) is 198 Å². The van der Waals surface area contributed by atoms with Crippen LogP contribution in [0.3, 0.4) is 0 Å². The van der Waals surface area contributed by atoms with Crippen molar-refractivity contribution in [1.82, 2.24) is 0 Å². The Morgan fingerprint density at radius 2 is 0.928 bits per heavy atom. The largest absolute Gasteiger partial charge is 0.311 e. The van der Waals surface area contributed by atoms with Crippen LogP contribution in [0, 0.1) is 6.92 Å². The maximum absolute atomic E-state index is 2.79. The van der Waals surface area contributed by atoms with Crippen LogP contribution in [0.5, 0.6) is 0 Å². The molecule has 11 rings (SSSR count). The van der Waals surface area contributed by atoms with Crippen molar-refractivity contribution in [2.75, 3.05) is 9.80 Å². The summed E-state index contributed by atoms with van der Waals surface area (Å²) in [6.45, 7) is 46.7. The van der Waals surface area contributed by atoms with Crippen molar-refractivity contribution >= 4 is 78.0 Å². The molecule has 1 aromatic heterocycles. The Hall–Kier alpha value is -4.28. The van der Waals surface area contributed by atoms with Crippen LogP contribution in [0.25, 0.3) is 10.1 Å². The van der Waals surface area contributed by atoms with Crippen LogP contribution in [-0.4, -0.2) is 6.71 Å². The molecule has 0 spiro atoms. The summed E-state index contributed by atoms with van der Waals surface area (Å²) in [5.74, 6) is 0. The van der Waals surface area contributed by atoms with Gasteiger partial charge in [-0.3, -0.25) is 0 Å². The van der Waals surface area contributed by atoms with Gasteiger partial charge in [-0.15, -0.1) is 11.3 Å².